The highest BCUT2D eigenvalue weighted by Gasteiger charge is 2.32. The first kappa shape index (κ1) is 30.3. The Morgan fingerprint density at radius 2 is 1.73 bits per heavy atom. The summed E-state index contributed by atoms with van der Waals surface area (Å²) in [5.41, 5.74) is 10.5. The maximum absolute atomic E-state index is 14.2. The number of hydrogen-bond donors (Lipinski definition) is 2. The summed E-state index contributed by atoms with van der Waals surface area (Å²) < 4.78 is 56.0. The van der Waals surface area contributed by atoms with E-state index in [-0.39, 0.29) is 11.1 Å². The van der Waals surface area contributed by atoms with Crippen molar-refractivity contribution in [1.29, 1.82) is 0 Å². The normalized spacial score (nSPS) is 16.5. The summed E-state index contributed by atoms with van der Waals surface area (Å²) >= 11 is 0. The summed E-state index contributed by atoms with van der Waals surface area (Å²) in [6, 6.07) is 12.1. The number of likely N-dealkylation sites (tertiary alicyclic amines) is 1. The molecule has 41 heavy (non-hydrogen) atoms. The maximum Gasteiger partial charge on any atom is 0.393 e. The van der Waals surface area contributed by atoms with Crippen LogP contribution in [0, 0.1) is 0 Å². The van der Waals surface area contributed by atoms with Crippen molar-refractivity contribution in [2.45, 2.75) is 57.7 Å². The lowest BCUT2D eigenvalue weighted by Gasteiger charge is -2.24. The Labute approximate surface area is 240 Å². The van der Waals surface area contributed by atoms with Gasteiger partial charge in [-0.3, -0.25) is 4.98 Å². The SMILES string of the molecule is C=C(F)C1=C(N)CCC(/C(=C(\CC(F)(F)F)c2ccccc2)c2ccc(CNCCCC(=C)N3CCCC3)nc2)=C1. The molecule has 8 heteroatoms. The van der Waals surface area contributed by atoms with Crippen LogP contribution in [0.5, 0.6) is 0 Å². The fraction of sp³-hybridized carbons (Fsp3) is 0.364. The standard InChI is InChI=1S/C33H38F4N4/c1-23(41-17-6-7-18-41)9-8-16-39-22-28-14-12-27(21-40-28)32(26-13-15-31(38)29(19-26)24(2)34)30(20-33(35,36)37)25-10-4-3-5-11-25/h3-5,10-12,14,19,21,39H,1-2,6-9,13,15-18,20,22,38H2/b32-30-. The van der Waals surface area contributed by atoms with Crippen molar-refractivity contribution in [3.63, 3.8) is 0 Å². The van der Waals surface area contributed by atoms with Gasteiger partial charge in [-0.15, -0.1) is 0 Å². The monoisotopic (exact) mass is 566 g/mol. The van der Waals surface area contributed by atoms with Crippen LogP contribution in [0.25, 0.3) is 11.1 Å². The molecule has 0 radical (unpaired) electrons. The molecule has 0 amide bonds. The third-order valence-corrected chi connectivity index (χ3v) is 7.53. The quantitative estimate of drug-likeness (QED) is 0.203. The molecule has 0 spiro atoms. The van der Waals surface area contributed by atoms with Crippen molar-refractivity contribution in [2.24, 2.45) is 5.73 Å². The molecule has 0 saturated carbocycles. The lowest BCUT2D eigenvalue weighted by molar-refractivity contribution is -0.122. The Morgan fingerprint density at radius 1 is 1.00 bits per heavy atom. The van der Waals surface area contributed by atoms with Crippen LogP contribution in [0.2, 0.25) is 0 Å². The van der Waals surface area contributed by atoms with Crippen molar-refractivity contribution >= 4 is 11.1 Å². The Balaban J connectivity index is 1.58. The van der Waals surface area contributed by atoms with Crippen molar-refractivity contribution in [3.05, 3.63) is 113 Å². The van der Waals surface area contributed by atoms with Gasteiger partial charge >= 0.3 is 6.18 Å². The molecule has 0 bridgehead atoms. The summed E-state index contributed by atoms with van der Waals surface area (Å²) in [5, 5.41) is 3.40. The van der Waals surface area contributed by atoms with E-state index in [0.717, 1.165) is 38.2 Å². The number of nitrogens with two attached hydrogens (primary N) is 1. The molecule has 2 heterocycles. The third-order valence-electron chi connectivity index (χ3n) is 7.53. The first-order valence-corrected chi connectivity index (χ1v) is 14.1. The third kappa shape index (κ3) is 8.43. The van der Waals surface area contributed by atoms with E-state index in [4.69, 9.17) is 5.73 Å². The molecule has 1 fully saturated rings. The van der Waals surface area contributed by atoms with Gasteiger partial charge in [0, 0.05) is 48.4 Å². The van der Waals surface area contributed by atoms with E-state index in [9.17, 15) is 17.6 Å². The van der Waals surface area contributed by atoms with Crippen molar-refractivity contribution in [3.8, 4) is 0 Å². The molecule has 2 aliphatic rings. The fourth-order valence-electron chi connectivity index (χ4n) is 5.42. The molecule has 3 N–H and O–H groups in total. The molecule has 1 saturated heterocycles. The number of halogens is 4. The number of nitrogens with zero attached hydrogens (tertiary/aromatic N) is 2. The molecular weight excluding hydrogens is 528 g/mol. The number of hydrogen-bond acceptors (Lipinski definition) is 4. The van der Waals surface area contributed by atoms with Gasteiger partial charge in [-0.25, -0.2) is 4.39 Å². The van der Waals surface area contributed by atoms with E-state index in [0.29, 0.717) is 47.4 Å². The van der Waals surface area contributed by atoms with E-state index in [1.54, 1.807) is 42.6 Å². The molecular formula is C33H38F4N4. The zero-order chi connectivity index (χ0) is 29.4. The number of rotatable bonds is 12. The number of aromatic nitrogens is 1. The number of alkyl halides is 3. The second-order valence-electron chi connectivity index (χ2n) is 10.6. The smallest absolute Gasteiger partial charge is 0.393 e. The van der Waals surface area contributed by atoms with Gasteiger partial charge in [0.1, 0.15) is 5.83 Å². The average molecular weight is 567 g/mol. The molecule has 1 aliphatic carbocycles. The summed E-state index contributed by atoms with van der Waals surface area (Å²) in [6.45, 7) is 11.1. The van der Waals surface area contributed by atoms with Crippen LogP contribution in [0.3, 0.4) is 0 Å². The first-order valence-electron chi connectivity index (χ1n) is 14.1. The summed E-state index contributed by atoms with van der Waals surface area (Å²) in [7, 11) is 0. The van der Waals surface area contributed by atoms with Gasteiger partial charge in [0.15, 0.2) is 0 Å². The van der Waals surface area contributed by atoms with Crippen LogP contribution in [0.1, 0.15) is 61.8 Å². The van der Waals surface area contributed by atoms with Crippen LogP contribution in [0.15, 0.2) is 96.3 Å². The van der Waals surface area contributed by atoms with Gasteiger partial charge in [-0.2, -0.15) is 13.2 Å². The van der Waals surface area contributed by atoms with Crippen LogP contribution < -0.4 is 11.1 Å². The lowest BCUT2D eigenvalue weighted by atomic mass is 9.83. The highest BCUT2D eigenvalue weighted by Crippen LogP contribution is 2.42. The number of pyridine rings is 1. The van der Waals surface area contributed by atoms with Gasteiger partial charge in [-0.1, -0.05) is 49.6 Å². The maximum atomic E-state index is 14.2. The van der Waals surface area contributed by atoms with Crippen LogP contribution in [-0.4, -0.2) is 35.7 Å². The highest BCUT2D eigenvalue weighted by molar-refractivity contribution is 5.99. The Kier molecular flexibility index (Phi) is 10.2. The molecule has 1 aromatic carbocycles. The zero-order valence-electron chi connectivity index (χ0n) is 23.4. The van der Waals surface area contributed by atoms with Crippen molar-refractivity contribution < 1.29 is 17.6 Å². The molecule has 4 rings (SSSR count). The largest absolute Gasteiger partial charge is 0.401 e. The zero-order valence-corrected chi connectivity index (χ0v) is 23.4. The number of nitrogens with one attached hydrogen (secondary N) is 1. The van der Waals surface area contributed by atoms with Gasteiger partial charge < -0.3 is 16.0 Å². The number of allylic oxidation sites excluding steroid dienone is 8. The topological polar surface area (TPSA) is 54.2 Å². The summed E-state index contributed by atoms with van der Waals surface area (Å²) in [6.07, 6.45) is 2.60. The minimum atomic E-state index is -4.45. The van der Waals surface area contributed by atoms with Gasteiger partial charge in [-0.05, 0) is 79.5 Å². The minimum absolute atomic E-state index is 0.111. The predicted molar refractivity (Wildman–Crippen MR) is 158 cm³/mol. The molecule has 2 aromatic rings. The molecule has 1 aliphatic heterocycles. The van der Waals surface area contributed by atoms with E-state index in [2.05, 4.69) is 28.4 Å². The lowest BCUT2D eigenvalue weighted by Crippen LogP contribution is -2.20. The second kappa shape index (κ2) is 13.8. The van der Waals surface area contributed by atoms with E-state index in [1.165, 1.54) is 24.6 Å². The summed E-state index contributed by atoms with van der Waals surface area (Å²) in [4.78, 5) is 6.93. The molecule has 0 unspecified atom stereocenters. The van der Waals surface area contributed by atoms with Gasteiger partial charge in [0.2, 0.25) is 0 Å². The van der Waals surface area contributed by atoms with Crippen LogP contribution in [0.4, 0.5) is 17.6 Å². The average Bonchev–Trinajstić information content (AvgIpc) is 3.49. The Bertz CT molecular complexity index is 1320. The highest BCUT2D eigenvalue weighted by atomic mass is 19.4. The Morgan fingerprint density at radius 3 is 2.37 bits per heavy atom. The molecule has 218 valence electrons. The molecule has 0 atom stereocenters. The van der Waals surface area contributed by atoms with Gasteiger partial charge in [0.05, 0.1) is 12.1 Å². The molecule has 4 nitrogen and oxygen atoms in total. The van der Waals surface area contributed by atoms with E-state index in [1.807, 2.05) is 6.07 Å². The summed E-state index contributed by atoms with van der Waals surface area (Å²) in [5.74, 6) is -0.709. The second-order valence-corrected chi connectivity index (χ2v) is 10.6. The van der Waals surface area contributed by atoms with Crippen LogP contribution in [-0.2, 0) is 6.54 Å². The molecule has 1 aromatic heterocycles. The predicted octanol–water partition coefficient (Wildman–Crippen LogP) is 7.84. The minimum Gasteiger partial charge on any atom is -0.401 e. The first-order chi connectivity index (χ1) is 19.6. The Hall–Kier alpha value is -3.65. The van der Waals surface area contributed by atoms with E-state index >= 15 is 0 Å². The van der Waals surface area contributed by atoms with E-state index < -0.39 is 18.4 Å². The van der Waals surface area contributed by atoms with Crippen molar-refractivity contribution in [1.82, 2.24) is 15.2 Å². The van der Waals surface area contributed by atoms with Gasteiger partial charge in [0.25, 0.3) is 0 Å². The van der Waals surface area contributed by atoms with Crippen molar-refractivity contribution in [2.75, 3.05) is 19.6 Å². The van der Waals surface area contributed by atoms with Crippen LogP contribution >= 0.6 is 0 Å². The fourth-order valence-corrected chi connectivity index (χ4v) is 5.42. The number of benzene rings is 1.